The molecule has 0 saturated heterocycles. The summed E-state index contributed by atoms with van der Waals surface area (Å²) >= 11 is 0. The molecule has 0 aliphatic heterocycles. The molecule has 44 heavy (non-hydrogen) atoms. The summed E-state index contributed by atoms with van der Waals surface area (Å²) in [5.74, 6) is -2.98. The molecular formula is C28H27F8NO6S. The smallest absolute Gasteiger partial charge is 0.399 e. The van der Waals surface area contributed by atoms with Crippen molar-refractivity contribution in [2.24, 2.45) is 0 Å². The summed E-state index contributed by atoms with van der Waals surface area (Å²) in [7, 11) is -4.23. The average molecular weight is 658 g/mol. The molecule has 1 aliphatic rings. The topological polar surface area (TPSA) is 98.8 Å². The Hall–Kier alpha value is -3.69. The fourth-order valence-corrected chi connectivity index (χ4v) is 5.22. The van der Waals surface area contributed by atoms with Gasteiger partial charge < -0.3 is 9.47 Å². The first-order chi connectivity index (χ1) is 20.3. The van der Waals surface area contributed by atoms with Gasteiger partial charge in [0.1, 0.15) is 16.9 Å². The second-order valence-electron chi connectivity index (χ2n) is 10.1. The maximum Gasteiger partial charge on any atom is 0.399 e. The molecule has 3 rings (SSSR count). The molecule has 0 spiro atoms. The average Bonchev–Trinajstić information content (AvgIpc) is 2.88. The third-order valence-corrected chi connectivity index (χ3v) is 7.33. The summed E-state index contributed by atoms with van der Waals surface area (Å²) in [6, 6.07) is 8.65. The quantitative estimate of drug-likeness (QED) is 0.159. The Kier molecular flexibility index (Phi) is 10.7. The summed E-state index contributed by atoms with van der Waals surface area (Å²) < 4.78 is 141. The molecule has 2 aromatic rings. The van der Waals surface area contributed by atoms with Crippen molar-refractivity contribution in [2.45, 2.75) is 62.9 Å². The number of hydrogen-bond acceptors (Lipinski definition) is 6. The van der Waals surface area contributed by atoms with Crippen molar-refractivity contribution < 1.29 is 62.6 Å². The summed E-state index contributed by atoms with van der Waals surface area (Å²) in [4.78, 5) is 26.1. The molecular weight excluding hydrogens is 630 g/mol. The molecule has 1 N–H and O–H groups in total. The molecule has 1 aliphatic carbocycles. The highest BCUT2D eigenvalue weighted by Crippen LogP contribution is 2.53. The number of ether oxygens (including phenoxy) is 2. The summed E-state index contributed by atoms with van der Waals surface area (Å²) in [5.41, 5.74) is -4.71. The lowest BCUT2D eigenvalue weighted by Gasteiger charge is -2.40. The van der Waals surface area contributed by atoms with Gasteiger partial charge in [0.15, 0.2) is 5.78 Å². The largest absolute Gasteiger partial charge is 0.494 e. The van der Waals surface area contributed by atoms with Crippen LogP contribution in [0, 0.1) is 0 Å². The van der Waals surface area contributed by atoms with E-state index in [9.17, 15) is 53.1 Å². The zero-order chi connectivity index (χ0) is 32.9. The van der Waals surface area contributed by atoms with Crippen LogP contribution in [0.1, 0.15) is 49.7 Å². The van der Waals surface area contributed by atoms with Crippen molar-refractivity contribution in [3.05, 3.63) is 65.2 Å². The number of alkyl halides is 8. The van der Waals surface area contributed by atoms with Gasteiger partial charge in [-0.25, -0.2) is 13.1 Å². The van der Waals surface area contributed by atoms with E-state index >= 15 is 0 Å². The number of ketones is 1. The molecule has 0 radical (unpaired) electrons. The lowest BCUT2D eigenvalue weighted by atomic mass is 9.65. The highest BCUT2D eigenvalue weighted by atomic mass is 32.2. The number of Topliss-reactive ketones (excluding diaryl/α,β-unsaturated/α-hetero) is 1. The Balaban J connectivity index is 1.96. The molecule has 0 fully saturated rings. The SMILES string of the molecule is CS(=O)(=O)NC(=O)C1=C(c2ccc(OC(F)F)cc2)C[C@](c2ccc(OCCCCCC(F)(F)F)cc2)(C(F)(F)F)CC1=O. The number of amides is 1. The number of nitrogens with one attached hydrogen (secondary N) is 1. The van der Waals surface area contributed by atoms with Crippen LogP contribution in [0.3, 0.4) is 0 Å². The standard InChI is InChI=1S/C28H27F8NO6S/c1-44(40,41)37-24(39)23-21(17-5-9-20(10-6-17)43-25(29)30)15-26(16-22(23)38,28(34,35)36)18-7-11-19(12-8-18)42-14-4-2-3-13-27(31,32)33/h5-12,25H,2-4,13-16H2,1H3,(H,37,39)/t26-/m0/s1. The predicted octanol–water partition coefficient (Wildman–Crippen LogP) is 6.48. The van der Waals surface area contributed by atoms with Crippen molar-refractivity contribution in [3.63, 3.8) is 0 Å². The fraction of sp³-hybridized carbons (Fsp3) is 0.429. The van der Waals surface area contributed by atoms with Gasteiger partial charge in [-0.05, 0) is 66.6 Å². The Morgan fingerprint density at radius 2 is 1.50 bits per heavy atom. The van der Waals surface area contributed by atoms with Gasteiger partial charge >= 0.3 is 19.0 Å². The first kappa shape index (κ1) is 34.8. The second-order valence-corrected chi connectivity index (χ2v) is 11.9. The minimum atomic E-state index is -5.08. The first-order valence-corrected chi connectivity index (χ1v) is 14.9. The van der Waals surface area contributed by atoms with Crippen molar-refractivity contribution in [1.82, 2.24) is 4.72 Å². The molecule has 0 saturated carbocycles. The number of allylic oxidation sites excluding steroid dienone is 1. The lowest BCUT2D eigenvalue weighted by molar-refractivity contribution is -0.193. The van der Waals surface area contributed by atoms with Crippen LogP contribution in [0.25, 0.3) is 5.57 Å². The number of sulfonamides is 1. The van der Waals surface area contributed by atoms with Crippen LogP contribution in [0.4, 0.5) is 35.1 Å². The molecule has 16 heteroatoms. The van der Waals surface area contributed by atoms with E-state index in [1.54, 1.807) is 4.72 Å². The molecule has 2 aromatic carbocycles. The molecule has 7 nitrogen and oxygen atoms in total. The minimum Gasteiger partial charge on any atom is -0.494 e. The van der Waals surface area contributed by atoms with Crippen LogP contribution in [-0.2, 0) is 25.0 Å². The Morgan fingerprint density at radius 3 is 2.02 bits per heavy atom. The van der Waals surface area contributed by atoms with Gasteiger partial charge in [-0.3, -0.25) is 9.59 Å². The lowest BCUT2D eigenvalue weighted by Crippen LogP contribution is -2.48. The summed E-state index contributed by atoms with van der Waals surface area (Å²) in [6.45, 7) is -3.19. The number of hydrogen-bond donors (Lipinski definition) is 1. The second kappa shape index (κ2) is 13.5. The Labute approximate surface area is 247 Å². The van der Waals surface area contributed by atoms with Crippen molar-refractivity contribution in [1.29, 1.82) is 0 Å². The number of halogens is 8. The van der Waals surface area contributed by atoms with E-state index in [4.69, 9.17) is 4.74 Å². The number of unbranched alkanes of at least 4 members (excludes halogenated alkanes) is 2. The molecule has 0 aromatic heterocycles. The van der Waals surface area contributed by atoms with Gasteiger partial charge in [0.2, 0.25) is 10.0 Å². The maximum absolute atomic E-state index is 14.9. The van der Waals surface area contributed by atoms with E-state index in [2.05, 4.69) is 4.74 Å². The van der Waals surface area contributed by atoms with Gasteiger partial charge in [-0.15, -0.1) is 0 Å². The van der Waals surface area contributed by atoms with Crippen molar-refractivity contribution >= 4 is 27.3 Å². The van der Waals surface area contributed by atoms with E-state index in [0.29, 0.717) is 6.26 Å². The monoisotopic (exact) mass is 657 g/mol. The zero-order valence-corrected chi connectivity index (χ0v) is 23.8. The van der Waals surface area contributed by atoms with E-state index < -0.39 is 76.5 Å². The van der Waals surface area contributed by atoms with Gasteiger partial charge in [0.25, 0.3) is 5.91 Å². The first-order valence-electron chi connectivity index (χ1n) is 13.0. The molecule has 1 atom stereocenters. The fourth-order valence-electron chi connectivity index (χ4n) is 4.78. The number of carbonyl (C=O) groups is 2. The third-order valence-electron chi connectivity index (χ3n) is 6.78. The van der Waals surface area contributed by atoms with Crippen molar-refractivity contribution in [2.75, 3.05) is 12.9 Å². The molecule has 0 bridgehead atoms. The normalized spacial score (nSPS) is 18.0. The van der Waals surface area contributed by atoms with Gasteiger partial charge in [-0.1, -0.05) is 24.3 Å². The third kappa shape index (κ3) is 9.16. The Bertz CT molecular complexity index is 1470. The minimum absolute atomic E-state index is 0.0110. The predicted molar refractivity (Wildman–Crippen MR) is 141 cm³/mol. The van der Waals surface area contributed by atoms with Crippen LogP contribution in [0.15, 0.2) is 54.1 Å². The van der Waals surface area contributed by atoms with E-state index in [0.717, 1.165) is 36.4 Å². The van der Waals surface area contributed by atoms with Crippen LogP contribution in [-0.4, -0.2) is 51.9 Å². The molecule has 0 heterocycles. The molecule has 1 amide bonds. The van der Waals surface area contributed by atoms with E-state index in [1.807, 2.05) is 0 Å². The van der Waals surface area contributed by atoms with E-state index in [1.165, 1.54) is 12.1 Å². The van der Waals surface area contributed by atoms with Crippen LogP contribution in [0.2, 0.25) is 0 Å². The summed E-state index contributed by atoms with van der Waals surface area (Å²) in [6.07, 6.45) is -11.5. The number of benzene rings is 2. The van der Waals surface area contributed by atoms with Crippen molar-refractivity contribution in [3.8, 4) is 11.5 Å². The number of rotatable bonds is 12. The summed E-state index contributed by atoms with van der Waals surface area (Å²) in [5, 5.41) is 0. The highest BCUT2D eigenvalue weighted by Gasteiger charge is 2.59. The van der Waals surface area contributed by atoms with Gasteiger partial charge in [-0.2, -0.15) is 35.1 Å². The maximum atomic E-state index is 14.9. The zero-order valence-electron chi connectivity index (χ0n) is 23.0. The van der Waals surface area contributed by atoms with Crippen LogP contribution < -0.4 is 14.2 Å². The van der Waals surface area contributed by atoms with Crippen LogP contribution in [0.5, 0.6) is 11.5 Å². The van der Waals surface area contributed by atoms with Gasteiger partial charge in [0.05, 0.1) is 18.4 Å². The molecule has 242 valence electrons. The van der Waals surface area contributed by atoms with E-state index in [-0.39, 0.29) is 48.5 Å². The highest BCUT2D eigenvalue weighted by molar-refractivity contribution is 7.89. The van der Waals surface area contributed by atoms with Gasteiger partial charge in [0, 0.05) is 12.8 Å². The number of carbonyl (C=O) groups excluding carboxylic acids is 2. The van der Waals surface area contributed by atoms with Crippen LogP contribution >= 0.6 is 0 Å². The molecule has 0 unspecified atom stereocenters. The Morgan fingerprint density at radius 1 is 0.909 bits per heavy atom.